The number of nitrogens with zero attached hydrogens (tertiary/aromatic N) is 3. The second-order valence-electron chi connectivity index (χ2n) is 9.76. The Bertz CT molecular complexity index is 1500. The lowest BCUT2D eigenvalue weighted by Crippen LogP contribution is -2.56. The topological polar surface area (TPSA) is 79.0 Å². The number of rotatable bonds is 5. The summed E-state index contributed by atoms with van der Waals surface area (Å²) in [4.78, 5) is 34.6. The fourth-order valence-electron chi connectivity index (χ4n) is 4.91. The minimum Gasteiger partial charge on any atom is -0.402 e. The Balaban J connectivity index is 1.83. The number of hydrogen-bond donors (Lipinski definition) is 1. The van der Waals surface area contributed by atoms with Crippen LogP contribution in [0.15, 0.2) is 95.1 Å². The highest BCUT2D eigenvalue weighted by atomic mass is 28.1. The van der Waals surface area contributed by atoms with Gasteiger partial charge in [-0.25, -0.2) is 9.38 Å². The highest BCUT2D eigenvalue weighted by Crippen LogP contribution is 2.42. The molecule has 3 radical (unpaired) electrons. The van der Waals surface area contributed by atoms with Crippen molar-refractivity contribution >= 4 is 33.6 Å². The van der Waals surface area contributed by atoms with Crippen molar-refractivity contribution in [2.45, 2.75) is 24.7 Å². The van der Waals surface area contributed by atoms with E-state index in [-0.39, 0.29) is 11.4 Å². The molecule has 2 N–H and O–H groups in total. The molecule has 0 aliphatic carbocycles. The van der Waals surface area contributed by atoms with Crippen LogP contribution < -0.4 is 5.73 Å². The van der Waals surface area contributed by atoms with Gasteiger partial charge in [0.05, 0.1) is 27.4 Å². The number of para-hydroxylation sites is 1. The molecule has 0 saturated carbocycles. The van der Waals surface area contributed by atoms with E-state index in [0.29, 0.717) is 22.5 Å². The zero-order chi connectivity index (χ0) is 30.1. The molecule has 0 spiro atoms. The largest absolute Gasteiger partial charge is 0.416 e. The van der Waals surface area contributed by atoms with Crippen molar-refractivity contribution in [3.8, 4) is 0 Å². The molecule has 41 heavy (non-hydrogen) atoms. The van der Waals surface area contributed by atoms with Crippen molar-refractivity contribution < 1.29 is 27.2 Å². The van der Waals surface area contributed by atoms with E-state index in [4.69, 9.17) is 10.7 Å². The van der Waals surface area contributed by atoms with Crippen LogP contribution in [0.25, 0.3) is 0 Å². The van der Waals surface area contributed by atoms with Crippen LogP contribution >= 0.6 is 0 Å². The Kier molecular flexibility index (Phi) is 8.48. The minimum atomic E-state index is -4.63. The fourth-order valence-corrected chi connectivity index (χ4v) is 5.36. The minimum absolute atomic E-state index is 0.197. The van der Waals surface area contributed by atoms with Crippen molar-refractivity contribution in [1.29, 1.82) is 0 Å². The molecule has 6 nitrogen and oxygen atoms in total. The Morgan fingerprint density at radius 3 is 2.27 bits per heavy atom. The number of amides is 2. The highest BCUT2D eigenvalue weighted by molar-refractivity contribution is 6.20. The number of nitrogens with two attached hydrogens (primary N) is 1. The second-order valence-corrected chi connectivity index (χ2v) is 10.4. The molecule has 3 aromatic rings. The second kappa shape index (κ2) is 11.7. The van der Waals surface area contributed by atoms with Gasteiger partial charge in [-0.1, -0.05) is 36.4 Å². The van der Waals surface area contributed by atoms with E-state index in [1.54, 1.807) is 31.2 Å². The van der Waals surface area contributed by atoms with Crippen LogP contribution in [0.4, 0.5) is 23.2 Å². The molecule has 11 heteroatoms. The van der Waals surface area contributed by atoms with Gasteiger partial charge in [-0.3, -0.25) is 14.5 Å². The van der Waals surface area contributed by atoms with Crippen LogP contribution in [0.2, 0.25) is 0 Å². The molecule has 3 aromatic carbocycles. The Hall–Kier alpha value is -4.25. The Morgan fingerprint density at radius 1 is 1.05 bits per heavy atom. The number of halogens is 4. The lowest BCUT2D eigenvalue weighted by atomic mass is 9.74. The van der Waals surface area contributed by atoms with E-state index in [0.717, 1.165) is 18.2 Å². The average Bonchev–Trinajstić information content (AvgIpc) is 2.94. The number of alkyl halides is 3. The van der Waals surface area contributed by atoms with Crippen molar-refractivity contribution in [3.63, 3.8) is 0 Å². The van der Waals surface area contributed by atoms with Gasteiger partial charge in [0, 0.05) is 42.5 Å². The van der Waals surface area contributed by atoms with E-state index in [1.165, 1.54) is 54.2 Å². The molecule has 0 bridgehead atoms. The van der Waals surface area contributed by atoms with E-state index in [2.05, 4.69) is 10.2 Å². The van der Waals surface area contributed by atoms with Crippen LogP contribution in [0.1, 0.15) is 34.3 Å². The maximum atomic E-state index is 14.0. The molecular formula is C30H27F4N4O2Si. The maximum Gasteiger partial charge on any atom is 0.416 e. The van der Waals surface area contributed by atoms with Crippen molar-refractivity contribution in [3.05, 3.63) is 113 Å². The monoisotopic (exact) mass is 579 g/mol. The number of allylic oxidation sites excluding steroid dienone is 1. The predicted molar refractivity (Wildman–Crippen MR) is 149 cm³/mol. The molecule has 3 atom stereocenters. The molecular weight excluding hydrogens is 552 g/mol. The molecule has 0 unspecified atom stereocenters. The molecule has 1 aliphatic heterocycles. The smallest absolute Gasteiger partial charge is 0.402 e. The number of piperidine rings is 1. The van der Waals surface area contributed by atoms with E-state index < -0.39 is 46.9 Å². The summed E-state index contributed by atoms with van der Waals surface area (Å²) in [6.07, 6.45) is -4.63. The number of hydrogen-bond acceptors (Lipinski definition) is 4. The number of carbonyl (C=O) groups excluding carboxylic acids is 2. The standard InChI is InChI=1S/C30H27F4N4O2Si/c1-17(35)23-24(18-12-14-21(31)15-13-18)25(28(40)37(2)26(23)36-22-10-5-4-6-11-22)29(41)38(3)27(39)19-8-7-9-20(16-19)30(32,33)34/h4-16,24-25,29H,35H2,1-3H3/b23-17-,36-26?/t24-,25-,29+/m0/s1. The van der Waals surface area contributed by atoms with Crippen molar-refractivity contribution in [2.24, 2.45) is 16.6 Å². The average molecular weight is 580 g/mol. The number of carbonyl (C=O) groups is 2. The molecule has 0 aromatic heterocycles. The number of aliphatic imine (C=N–C) groups is 1. The summed E-state index contributed by atoms with van der Waals surface area (Å²) >= 11 is 0. The number of amidine groups is 1. The maximum absolute atomic E-state index is 14.0. The van der Waals surface area contributed by atoms with Gasteiger partial charge in [0.1, 0.15) is 11.7 Å². The number of likely N-dealkylation sites (tertiary alicyclic amines) is 1. The Morgan fingerprint density at radius 2 is 1.68 bits per heavy atom. The molecule has 1 fully saturated rings. The summed E-state index contributed by atoms with van der Waals surface area (Å²) in [6.45, 7) is 1.66. The quantitative estimate of drug-likeness (QED) is 0.332. The zero-order valence-electron chi connectivity index (χ0n) is 22.5. The molecule has 1 saturated heterocycles. The summed E-state index contributed by atoms with van der Waals surface area (Å²) in [5, 5.41) is 0. The van der Waals surface area contributed by atoms with Crippen molar-refractivity contribution in [2.75, 3.05) is 14.1 Å². The first kappa shape index (κ1) is 29.7. The third-order valence-corrected chi connectivity index (χ3v) is 7.75. The van der Waals surface area contributed by atoms with E-state index in [9.17, 15) is 27.2 Å². The van der Waals surface area contributed by atoms with E-state index >= 15 is 0 Å². The van der Waals surface area contributed by atoms with Crippen LogP contribution in [-0.4, -0.2) is 57.5 Å². The van der Waals surface area contributed by atoms with Crippen LogP contribution in [0, 0.1) is 11.7 Å². The lowest BCUT2D eigenvalue weighted by molar-refractivity contribution is -0.137. The lowest BCUT2D eigenvalue weighted by Gasteiger charge is -2.44. The number of likely N-dealkylation sites (N-methyl/N-ethyl adjacent to an activating group) is 1. The first-order valence-electron chi connectivity index (χ1n) is 12.6. The van der Waals surface area contributed by atoms with Gasteiger partial charge in [-0.05, 0) is 55.0 Å². The van der Waals surface area contributed by atoms with Crippen molar-refractivity contribution in [1.82, 2.24) is 9.80 Å². The van der Waals surface area contributed by atoms with Gasteiger partial charge in [0.25, 0.3) is 5.91 Å². The third kappa shape index (κ3) is 6.09. The molecule has 1 aliphatic rings. The first-order valence-corrected chi connectivity index (χ1v) is 13.2. The third-order valence-electron chi connectivity index (χ3n) is 7.00. The number of benzene rings is 3. The zero-order valence-corrected chi connectivity index (χ0v) is 23.5. The SMILES string of the molecule is C/C(N)=C1/C(=Nc2ccccc2)N(C)C(=O)[C@@H]([C@@H]([Si])N(C)C(=O)c2cccc(C(F)(F)F)c2)[C@H]1c1ccc(F)cc1. The molecule has 4 rings (SSSR count). The molecule has 2 amide bonds. The summed E-state index contributed by atoms with van der Waals surface area (Å²) in [5.41, 5.74) is 6.20. The summed E-state index contributed by atoms with van der Waals surface area (Å²) in [5.74, 6) is -3.15. The highest BCUT2D eigenvalue weighted by Gasteiger charge is 2.47. The summed E-state index contributed by atoms with van der Waals surface area (Å²) in [7, 11) is 6.50. The summed E-state index contributed by atoms with van der Waals surface area (Å²) in [6, 6.07) is 18.6. The van der Waals surface area contributed by atoms with Gasteiger partial charge in [-0.2, -0.15) is 13.2 Å². The van der Waals surface area contributed by atoms with Gasteiger partial charge in [-0.15, -0.1) is 0 Å². The fraction of sp³-hybridized carbons (Fsp3) is 0.233. The molecule has 211 valence electrons. The predicted octanol–water partition coefficient (Wildman–Crippen LogP) is 5.25. The van der Waals surface area contributed by atoms with Gasteiger partial charge < -0.3 is 10.6 Å². The van der Waals surface area contributed by atoms with Crippen LogP contribution in [0.5, 0.6) is 0 Å². The first-order chi connectivity index (χ1) is 19.3. The van der Waals surface area contributed by atoms with Gasteiger partial charge in [0.15, 0.2) is 0 Å². The van der Waals surface area contributed by atoms with Crippen LogP contribution in [-0.2, 0) is 11.0 Å². The van der Waals surface area contributed by atoms with E-state index in [1.807, 2.05) is 6.07 Å². The summed E-state index contributed by atoms with van der Waals surface area (Å²) < 4.78 is 53.9. The normalized spacial score (nSPS) is 20.6. The van der Waals surface area contributed by atoms with Crippen LogP contribution in [0.3, 0.4) is 0 Å². The van der Waals surface area contributed by atoms with Gasteiger partial charge >= 0.3 is 6.18 Å². The Labute approximate surface area is 238 Å². The molecule has 1 heterocycles. The van der Waals surface area contributed by atoms with Gasteiger partial charge in [0.2, 0.25) is 5.91 Å².